The standard InChI is InChI=1S/C46H30N2/c1-3-11-31(12-4-1)33-19-24-36(25-20-33)47-42-18-10-9-17-39(42)40-28-29-41-44-38-16-8-7-15-35(38)23-30-43(44)48(46(41)45(40)47)37-26-21-34(22-27-37)32-13-5-2-6-14-32/h1-30H. The molecule has 2 heteroatoms. The number of para-hydroxylation sites is 1. The number of hydrogen-bond donors (Lipinski definition) is 0. The molecular formula is C46H30N2. The van der Waals surface area contributed by atoms with Crippen LogP contribution in [0.3, 0.4) is 0 Å². The van der Waals surface area contributed by atoms with Gasteiger partial charge in [-0.3, -0.25) is 0 Å². The summed E-state index contributed by atoms with van der Waals surface area (Å²) in [5.74, 6) is 0. The lowest BCUT2D eigenvalue weighted by atomic mass is 10.0. The van der Waals surface area contributed by atoms with E-state index in [0.717, 1.165) is 11.4 Å². The molecule has 0 radical (unpaired) electrons. The fraction of sp³-hybridized carbons (Fsp3) is 0. The lowest BCUT2D eigenvalue weighted by molar-refractivity contribution is 1.15. The average Bonchev–Trinajstić information content (AvgIpc) is 3.69. The zero-order chi connectivity index (χ0) is 31.6. The summed E-state index contributed by atoms with van der Waals surface area (Å²) in [6, 6.07) is 66.1. The topological polar surface area (TPSA) is 9.86 Å². The number of fused-ring (bicyclic) bond motifs is 9. The Morgan fingerprint density at radius 1 is 0.271 bits per heavy atom. The third-order valence-electron chi connectivity index (χ3n) is 9.92. The van der Waals surface area contributed by atoms with Gasteiger partial charge in [-0.1, -0.05) is 146 Å². The normalized spacial score (nSPS) is 11.8. The van der Waals surface area contributed by atoms with Crippen LogP contribution in [0.4, 0.5) is 0 Å². The van der Waals surface area contributed by atoms with Gasteiger partial charge in [0.25, 0.3) is 0 Å². The van der Waals surface area contributed by atoms with Crippen molar-refractivity contribution in [3.8, 4) is 33.6 Å². The highest BCUT2D eigenvalue weighted by atomic mass is 15.0. The van der Waals surface area contributed by atoms with Crippen molar-refractivity contribution in [1.82, 2.24) is 9.13 Å². The molecule has 0 fully saturated rings. The Kier molecular flexibility index (Phi) is 5.91. The number of hydrogen-bond acceptors (Lipinski definition) is 0. The molecule has 0 N–H and O–H groups in total. The van der Waals surface area contributed by atoms with Gasteiger partial charge in [0.15, 0.2) is 0 Å². The number of nitrogens with zero attached hydrogens (tertiary/aromatic N) is 2. The first-order valence-corrected chi connectivity index (χ1v) is 16.5. The van der Waals surface area contributed by atoms with E-state index in [0.29, 0.717) is 0 Å². The molecule has 0 amide bonds. The molecule has 8 aromatic carbocycles. The van der Waals surface area contributed by atoms with Crippen LogP contribution in [-0.2, 0) is 0 Å². The molecule has 0 aliphatic carbocycles. The lowest BCUT2D eigenvalue weighted by Gasteiger charge is -2.13. The predicted molar refractivity (Wildman–Crippen MR) is 203 cm³/mol. The van der Waals surface area contributed by atoms with Gasteiger partial charge in [-0.15, -0.1) is 0 Å². The number of benzene rings is 8. The van der Waals surface area contributed by atoms with E-state index in [1.54, 1.807) is 0 Å². The second kappa shape index (κ2) is 10.6. The van der Waals surface area contributed by atoms with Crippen molar-refractivity contribution < 1.29 is 0 Å². The van der Waals surface area contributed by atoms with E-state index in [1.807, 2.05) is 0 Å². The van der Waals surface area contributed by atoms with Crippen molar-refractivity contribution in [2.24, 2.45) is 0 Å². The van der Waals surface area contributed by atoms with Crippen LogP contribution in [0.2, 0.25) is 0 Å². The molecule has 2 heterocycles. The quantitative estimate of drug-likeness (QED) is 0.188. The third kappa shape index (κ3) is 4.00. The van der Waals surface area contributed by atoms with Gasteiger partial charge < -0.3 is 9.13 Å². The first kappa shape index (κ1) is 26.8. The zero-order valence-electron chi connectivity index (χ0n) is 26.2. The average molecular weight is 611 g/mol. The fourth-order valence-corrected chi connectivity index (χ4v) is 7.72. The molecule has 0 aliphatic heterocycles. The lowest BCUT2D eigenvalue weighted by Crippen LogP contribution is -1.99. The van der Waals surface area contributed by atoms with Gasteiger partial charge in [0.05, 0.1) is 22.1 Å². The van der Waals surface area contributed by atoms with E-state index in [2.05, 4.69) is 191 Å². The Balaban J connectivity index is 1.32. The number of aromatic nitrogens is 2. The zero-order valence-corrected chi connectivity index (χ0v) is 26.2. The van der Waals surface area contributed by atoms with Crippen LogP contribution in [0, 0.1) is 0 Å². The van der Waals surface area contributed by atoms with Gasteiger partial charge in [-0.2, -0.15) is 0 Å². The summed E-state index contributed by atoms with van der Waals surface area (Å²) in [5, 5.41) is 7.57. The maximum Gasteiger partial charge on any atom is 0.0789 e. The van der Waals surface area contributed by atoms with Gasteiger partial charge in [-0.25, -0.2) is 0 Å². The highest BCUT2D eigenvalue weighted by molar-refractivity contribution is 6.28. The Bertz CT molecular complexity index is 2780. The molecule has 10 aromatic rings. The predicted octanol–water partition coefficient (Wildman–Crippen LogP) is 12.4. The van der Waals surface area contributed by atoms with Crippen LogP contribution in [-0.4, -0.2) is 9.13 Å². The smallest absolute Gasteiger partial charge is 0.0789 e. The van der Waals surface area contributed by atoms with Crippen LogP contribution < -0.4 is 0 Å². The first-order valence-electron chi connectivity index (χ1n) is 16.5. The van der Waals surface area contributed by atoms with Crippen LogP contribution in [0.5, 0.6) is 0 Å². The van der Waals surface area contributed by atoms with Crippen molar-refractivity contribution in [3.05, 3.63) is 182 Å². The fourth-order valence-electron chi connectivity index (χ4n) is 7.72. The van der Waals surface area contributed by atoms with E-state index in [4.69, 9.17) is 0 Å². The Labute approximate surface area is 278 Å². The minimum atomic E-state index is 1.15. The van der Waals surface area contributed by atoms with Crippen LogP contribution in [0.25, 0.3) is 88.0 Å². The molecule has 0 atom stereocenters. The van der Waals surface area contributed by atoms with E-state index in [-0.39, 0.29) is 0 Å². The molecule has 0 bridgehead atoms. The van der Waals surface area contributed by atoms with Crippen molar-refractivity contribution in [3.63, 3.8) is 0 Å². The van der Waals surface area contributed by atoms with Crippen LogP contribution >= 0.6 is 0 Å². The first-order chi connectivity index (χ1) is 23.8. The van der Waals surface area contributed by atoms with E-state index < -0.39 is 0 Å². The highest BCUT2D eigenvalue weighted by Crippen LogP contribution is 2.43. The molecule has 0 spiro atoms. The van der Waals surface area contributed by atoms with Gasteiger partial charge in [0, 0.05) is 32.9 Å². The minimum absolute atomic E-state index is 1.15. The molecule has 0 aliphatic rings. The van der Waals surface area contributed by atoms with E-state index in [9.17, 15) is 0 Å². The summed E-state index contributed by atoms with van der Waals surface area (Å²) in [6.45, 7) is 0. The van der Waals surface area contributed by atoms with Crippen LogP contribution in [0.15, 0.2) is 182 Å². The van der Waals surface area contributed by atoms with Gasteiger partial charge in [-0.05, 0) is 69.4 Å². The maximum atomic E-state index is 2.49. The summed E-state index contributed by atoms with van der Waals surface area (Å²) < 4.78 is 4.96. The second-order valence-electron chi connectivity index (χ2n) is 12.6. The van der Waals surface area contributed by atoms with Gasteiger partial charge in [0.1, 0.15) is 0 Å². The van der Waals surface area contributed by atoms with Gasteiger partial charge >= 0.3 is 0 Å². The Morgan fingerprint density at radius 2 is 0.750 bits per heavy atom. The summed E-state index contributed by atoms with van der Waals surface area (Å²) in [4.78, 5) is 0. The summed E-state index contributed by atoms with van der Waals surface area (Å²) >= 11 is 0. The second-order valence-corrected chi connectivity index (χ2v) is 12.6. The highest BCUT2D eigenvalue weighted by Gasteiger charge is 2.22. The summed E-state index contributed by atoms with van der Waals surface area (Å²) in [6.07, 6.45) is 0. The molecular weight excluding hydrogens is 581 g/mol. The molecule has 48 heavy (non-hydrogen) atoms. The Hall–Kier alpha value is -6.38. The number of rotatable bonds is 4. The maximum absolute atomic E-state index is 2.49. The molecule has 2 aromatic heterocycles. The summed E-state index contributed by atoms with van der Waals surface area (Å²) in [7, 11) is 0. The summed E-state index contributed by atoms with van der Waals surface area (Å²) in [5.41, 5.74) is 12.0. The molecule has 224 valence electrons. The Morgan fingerprint density at radius 3 is 1.40 bits per heavy atom. The third-order valence-corrected chi connectivity index (χ3v) is 9.92. The SMILES string of the molecule is c1ccc(-c2ccc(-n3c4ccccc4c4ccc5c6c7ccccc7ccc6n(-c6ccc(-c7ccccc7)cc6)c5c43)cc2)cc1. The van der Waals surface area contributed by atoms with Crippen molar-refractivity contribution in [2.75, 3.05) is 0 Å². The largest absolute Gasteiger partial charge is 0.307 e. The molecule has 0 saturated heterocycles. The van der Waals surface area contributed by atoms with Crippen molar-refractivity contribution in [2.45, 2.75) is 0 Å². The molecule has 0 saturated carbocycles. The molecule has 10 rings (SSSR count). The van der Waals surface area contributed by atoms with E-state index in [1.165, 1.54) is 76.6 Å². The molecule has 2 nitrogen and oxygen atoms in total. The monoisotopic (exact) mass is 610 g/mol. The van der Waals surface area contributed by atoms with Crippen molar-refractivity contribution >= 4 is 54.4 Å². The van der Waals surface area contributed by atoms with Gasteiger partial charge in [0.2, 0.25) is 0 Å². The molecule has 0 unspecified atom stereocenters. The van der Waals surface area contributed by atoms with Crippen LogP contribution in [0.1, 0.15) is 0 Å². The van der Waals surface area contributed by atoms with E-state index >= 15 is 0 Å². The minimum Gasteiger partial charge on any atom is -0.307 e. The van der Waals surface area contributed by atoms with Crippen molar-refractivity contribution in [1.29, 1.82) is 0 Å².